The maximum Gasteiger partial charge on any atom is 0.259 e. The van der Waals surface area contributed by atoms with Crippen LogP contribution in [0.4, 0.5) is 11.4 Å². The SMILES string of the molecule is CCN(CC)CCCCCCCC(=O)Nc1ccc2c3c(cccc13)C(=O)N2C1CCC(=O)NC1=O. The van der Waals surface area contributed by atoms with Crippen LogP contribution in [0.25, 0.3) is 10.8 Å². The van der Waals surface area contributed by atoms with Gasteiger partial charge in [-0.15, -0.1) is 0 Å². The summed E-state index contributed by atoms with van der Waals surface area (Å²) in [4.78, 5) is 53.9. The molecule has 0 aliphatic carbocycles. The summed E-state index contributed by atoms with van der Waals surface area (Å²) in [6, 6.07) is 8.27. The van der Waals surface area contributed by atoms with Crippen molar-refractivity contribution in [3.05, 3.63) is 35.9 Å². The van der Waals surface area contributed by atoms with Gasteiger partial charge in [0.2, 0.25) is 17.7 Å². The van der Waals surface area contributed by atoms with E-state index < -0.39 is 11.9 Å². The molecule has 0 bridgehead atoms. The third-order valence-electron chi connectivity index (χ3n) is 7.30. The first-order chi connectivity index (χ1) is 17.4. The minimum absolute atomic E-state index is 0.0369. The Morgan fingerprint density at radius 2 is 1.78 bits per heavy atom. The van der Waals surface area contributed by atoms with Gasteiger partial charge in [0, 0.05) is 34.9 Å². The molecule has 2 N–H and O–H groups in total. The molecule has 0 saturated carbocycles. The molecule has 2 aliphatic rings. The van der Waals surface area contributed by atoms with Crippen LogP contribution in [0, 0.1) is 0 Å². The number of nitrogens with zero attached hydrogens (tertiary/aromatic N) is 2. The maximum atomic E-state index is 13.2. The summed E-state index contributed by atoms with van der Waals surface area (Å²) >= 11 is 0. The lowest BCUT2D eigenvalue weighted by Crippen LogP contribution is -2.53. The fourth-order valence-electron chi connectivity index (χ4n) is 5.26. The summed E-state index contributed by atoms with van der Waals surface area (Å²) in [5.74, 6) is -1.06. The highest BCUT2D eigenvalue weighted by molar-refractivity contribution is 6.28. The lowest BCUT2D eigenvalue weighted by atomic mass is 10.0. The Labute approximate surface area is 212 Å². The summed E-state index contributed by atoms with van der Waals surface area (Å²) in [6.07, 6.45) is 6.34. The lowest BCUT2D eigenvalue weighted by Gasteiger charge is -2.30. The zero-order valence-electron chi connectivity index (χ0n) is 21.3. The minimum Gasteiger partial charge on any atom is -0.326 e. The second-order valence-corrected chi connectivity index (χ2v) is 9.60. The van der Waals surface area contributed by atoms with E-state index in [1.165, 1.54) is 17.7 Å². The number of nitrogens with one attached hydrogen (secondary N) is 2. The van der Waals surface area contributed by atoms with Crippen LogP contribution < -0.4 is 15.5 Å². The first-order valence-corrected chi connectivity index (χ1v) is 13.2. The van der Waals surface area contributed by atoms with Crippen molar-refractivity contribution >= 4 is 45.8 Å². The normalized spacial score (nSPS) is 17.2. The Bertz CT molecular complexity index is 1160. The number of amides is 4. The van der Waals surface area contributed by atoms with Crippen molar-refractivity contribution in [1.29, 1.82) is 0 Å². The van der Waals surface area contributed by atoms with Crippen LogP contribution in [0.5, 0.6) is 0 Å². The van der Waals surface area contributed by atoms with Crippen molar-refractivity contribution in [2.45, 2.75) is 71.3 Å². The largest absolute Gasteiger partial charge is 0.326 e. The molecule has 1 saturated heterocycles. The van der Waals surface area contributed by atoms with Crippen LogP contribution >= 0.6 is 0 Å². The Kier molecular flexibility index (Phi) is 8.36. The fourth-order valence-corrected chi connectivity index (χ4v) is 5.26. The van der Waals surface area contributed by atoms with Gasteiger partial charge in [0.15, 0.2) is 0 Å². The monoisotopic (exact) mass is 492 g/mol. The van der Waals surface area contributed by atoms with Crippen LogP contribution in [0.1, 0.15) is 75.6 Å². The van der Waals surface area contributed by atoms with Crippen LogP contribution in [-0.2, 0) is 14.4 Å². The molecule has 0 radical (unpaired) electrons. The zero-order chi connectivity index (χ0) is 25.7. The number of rotatable bonds is 12. The van der Waals surface area contributed by atoms with Gasteiger partial charge in [-0.25, -0.2) is 0 Å². The van der Waals surface area contributed by atoms with Crippen molar-refractivity contribution in [2.75, 3.05) is 29.9 Å². The molecular weight excluding hydrogens is 456 g/mol. The van der Waals surface area contributed by atoms with Crippen molar-refractivity contribution in [2.24, 2.45) is 0 Å². The predicted octanol–water partition coefficient (Wildman–Crippen LogP) is 4.23. The highest BCUT2D eigenvalue weighted by atomic mass is 16.2. The minimum atomic E-state index is -0.724. The first kappa shape index (κ1) is 25.8. The average Bonchev–Trinajstić information content (AvgIpc) is 3.15. The van der Waals surface area contributed by atoms with Gasteiger partial charge in [-0.1, -0.05) is 45.2 Å². The number of hydrogen-bond acceptors (Lipinski definition) is 5. The molecule has 1 atom stereocenters. The Hall–Kier alpha value is -3.26. The van der Waals surface area contributed by atoms with E-state index >= 15 is 0 Å². The van der Waals surface area contributed by atoms with Crippen LogP contribution in [0.15, 0.2) is 30.3 Å². The molecule has 0 spiro atoms. The molecule has 0 aromatic heterocycles. The van der Waals surface area contributed by atoms with E-state index in [9.17, 15) is 19.2 Å². The molecule has 4 rings (SSSR count). The molecular formula is C28H36N4O4. The van der Waals surface area contributed by atoms with Crippen molar-refractivity contribution in [3.63, 3.8) is 0 Å². The summed E-state index contributed by atoms with van der Waals surface area (Å²) in [5.41, 5.74) is 1.81. The van der Waals surface area contributed by atoms with E-state index in [1.54, 1.807) is 24.3 Å². The number of benzene rings is 2. The topological polar surface area (TPSA) is 98.8 Å². The number of carbonyl (C=O) groups is 4. The highest BCUT2D eigenvalue weighted by Gasteiger charge is 2.40. The van der Waals surface area contributed by atoms with Gasteiger partial charge in [0.1, 0.15) is 6.04 Å². The second-order valence-electron chi connectivity index (χ2n) is 9.60. The molecule has 2 aromatic carbocycles. The lowest BCUT2D eigenvalue weighted by molar-refractivity contribution is -0.134. The van der Waals surface area contributed by atoms with Crippen LogP contribution in [0.2, 0.25) is 0 Å². The van der Waals surface area contributed by atoms with Crippen LogP contribution in [-0.4, -0.2) is 54.2 Å². The molecule has 4 amide bonds. The van der Waals surface area contributed by atoms with Gasteiger partial charge in [0.25, 0.3) is 5.91 Å². The zero-order valence-corrected chi connectivity index (χ0v) is 21.3. The molecule has 8 nitrogen and oxygen atoms in total. The van der Waals surface area contributed by atoms with Gasteiger partial charge in [-0.2, -0.15) is 0 Å². The number of anilines is 2. The molecule has 1 unspecified atom stereocenters. The number of imide groups is 1. The maximum absolute atomic E-state index is 13.2. The average molecular weight is 493 g/mol. The van der Waals surface area contributed by atoms with Gasteiger partial charge < -0.3 is 10.2 Å². The smallest absolute Gasteiger partial charge is 0.259 e. The Morgan fingerprint density at radius 3 is 2.53 bits per heavy atom. The van der Waals surface area contributed by atoms with E-state index in [1.807, 2.05) is 6.07 Å². The van der Waals surface area contributed by atoms with Crippen molar-refractivity contribution in [3.8, 4) is 0 Å². The second kappa shape index (κ2) is 11.6. The first-order valence-electron chi connectivity index (χ1n) is 13.2. The van der Waals surface area contributed by atoms with E-state index in [0.717, 1.165) is 49.7 Å². The molecule has 2 heterocycles. The van der Waals surface area contributed by atoms with Gasteiger partial charge in [0.05, 0.1) is 5.69 Å². The van der Waals surface area contributed by atoms with Gasteiger partial charge in [-0.3, -0.25) is 29.4 Å². The highest BCUT2D eigenvalue weighted by Crippen LogP contribution is 2.42. The third-order valence-corrected chi connectivity index (χ3v) is 7.30. The van der Waals surface area contributed by atoms with E-state index in [4.69, 9.17) is 0 Å². The fraction of sp³-hybridized carbons (Fsp3) is 0.500. The van der Waals surface area contributed by atoms with E-state index in [2.05, 4.69) is 29.4 Å². The summed E-state index contributed by atoms with van der Waals surface area (Å²) in [5, 5.41) is 6.87. The third kappa shape index (κ3) is 5.43. The molecule has 1 fully saturated rings. The predicted molar refractivity (Wildman–Crippen MR) is 141 cm³/mol. The number of piperidine rings is 1. The molecule has 192 valence electrons. The molecule has 8 heteroatoms. The summed E-state index contributed by atoms with van der Waals surface area (Å²) in [7, 11) is 0. The van der Waals surface area contributed by atoms with Crippen LogP contribution in [0.3, 0.4) is 0 Å². The number of unbranched alkanes of at least 4 members (excludes halogenated alkanes) is 4. The number of carbonyl (C=O) groups excluding carboxylic acids is 4. The number of hydrogen-bond donors (Lipinski definition) is 2. The quantitative estimate of drug-likeness (QED) is 0.341. The van der Waals surface area contributed by atoms with Gasteiger partial charge in [-0.05, 0) is 57.1 Å². The summed E-state index contributed by atoms with van der Waals surface area (Å²) in [6.45, 7) is 7.71. The van der Waals surface area contributed by atoms with E-state index in [0.29, 0.717) is 29.8 Å². The Morgan fingerprint density at radius 1 is 1.03 bits per heavy atom. The van der Waals surface area contributed by atoms with Gasteiger partial charge >= 0.3 is 0 Å². The molecule has 36 heavy (non-hydrogen) atoms. The molecule has 2 aromatic rings. The molecule has 2 aliphatic heterocycles. The Balaban J connectivity index is 1.36. The van der Waals surface area contributed by atoms with E-state index in [-0.39, 0.29) is 24.1 Å². The van der Waals surface area contributed by atoms with Crippen molar-refractivity contribution < 1.29 is 19.2 Å². The summed E-state index contributed by atoms with van der Waals surface area (Å²) < 4.78 is 0. The standard InChI is InChI=1S/C28H36N4O4/c1-3-31(4-2)18-9-7-5-6-8-13-24(33)29-21-14-15-22-26-19(21)11-10-12-20(26)28(36)32(22)23-16-17-25(34)30-27(23)35/h10-12,14-15,23H,3-9,13,16-18H2,1-2H3,(H,29,33)(H,30,34,35). The van der Waals surface area contributed by atoms with Crippen molar-refractivity contribution in [1.82, 2.24) is 10.2 Å².